The molecule has 1 spiro atoms. The molecule has 0 aromatic heterocycles. The highest BCUT2D eigenvalue weighted by atomic mass is 16.3. The first-order valence-corrected chi connectivity index (χ1v) is 6.35. The highest BCUT2D eigenvalue weighted by Gasteiger charge is 2.53. The molecule has 2 nitrogen and oxygen atoms in total. The summed E-state index contributed by atoms with van der Waals surface area (Å²) in [5.74, 6) is 0.413. The van der Waals surface area contributed by atoms with Gasteiger partial charge in [0.15, 0.2) is 0 Å². The van der Waals surface area contributed by atoms with Crippen LogP contribution in [0.2, 0.25) is 0 Å². The van der Waals surface area contributed by atoms with Crippen LogP contribution in [0.25, 0.3) is 0 Å². The Labute approximate surface area is 98.5 Å². The van der Waals surface area contributed by atoms with Crippen LogP contribution in [0.15, 0.2) is 17.6 Å². The molecule has 1 fully saturated rings. The molecule has 90 valence electrons. The summed E-state index contributed by atoms with van der Waals surface area (Å²) in [6.45, 7) is 9.85. The maximum absolute atomic E-state index is 10.3. The van der Waals surface area contributed by atoms with Gasteiger partial charge in [-0.1, -0.05) is 18.9 Å². The first-order chi connectivity index (χ1) is 7.42. The number of aliphatic imine (C=N–C) groups is 1. The third-order valence-electron chi connectivity index (χ3n) is 4.29. The van der Waals surface area contributed by atoms with Crippen LogP contribution in [0.3, 0.4) is 0 Å². The van der Waals surface area contributed by atoms with Crippen molar-refractivity contribution in [2.45, 2.75) is 58.1 Å². The fraction of sp³-hybridized carbons (Fsp3) is 0.786. The van der Waals surface area contributed by atoms with Gasteiger partial charge < -0.3 is 5.11 Å². The Kier molecular flexibility index (Phi) is 2.73. The summed E-state index contributed by atoms with van der Waals surface area (Å²) in [7, 11) is 0. The van der Waals surface area contributed by atoms with Crippen LogP contribution < -0.4 is 0 Å². The molecule has 2 rings (SSSR count). The van der Waals surface area contributed by atoms with Crippen molar-refractivity contribution in [1.82, 2.24) is 0 Å². The molecule has 1 saturated carbocycles. The van der Waals surface area contributed by atoms with E-state index in [1.54, 1.807) is 0 Å². The molecule has 2 aliphatic rings. The van der Waals surface area contributed by atoms with Crippen molar-refractivity contribution in [2.24, 2.45) is 16.3 Å². The van der Waals surface area contributed by atoms with E-state index in [2.05, 4.69) is 19.6 Å². The lowest BCUT2D eigenvalue weighted by Gasteiger charge is -2.36. The highest BCUT2D eigenvalue weighted by Crippen LogP contribution is 2.53. The quantitative estimate of drug-likeness (QED) is 0.714. The fourth-order valence-electron chi connectivity index (χ4n) is 3.80. The molecule has 16 heavy (non-hydrogen) atoms. The molecule has 0 amide bonds. The lowest BCUT2D eigenvalue weighted by atomic mass is 9.67. The Morgan fingerprint density at radius 1 is 1.44 bits per heavy atom. The maximum Gasteiger partial charge on any atom is 0.0972 e. The van der Waals surface area contributed by atoms with E-state index in [1.165, 1.54) is 12.8 Å². The van der Waals surface area contributed by atoms with E-state index >= 15 is 0 Å². The summed E-state index contributed by atoms with van der Waals surface area (Å²) < 4.78 is 0. The number of nitrogens with zero attached hydrogens (tertiary/aromatic N) is 1. The molecule has 0 radical (unpaired) electrons. The lowest BCUT2D eigenvalue weighted by Crippen LogP contribution is -2.44. The fourth-order valence-corrected chi connectivity index (χ4v) is 3.80. The van der Waals surface area contributed by atoms with Gasteiger partial charge >= 0.3 is 0 Å². The van der Waals surface area contributed by atoms with Crippen molar-refractivity contribution in [3.8, 4) is 0 Å². The Hall–Kier alpha value is -0.630. The SMILES string of the molecule is C=CC1C(C)N=C(C(C)(C)O)C12CCCC2. The van der Waals surface area contributed by atoms with Gasteiger partial charge in [-0.25, -0.2) is 0 Å². The smallest absolute Gasteiger partial charge is 0.0972 e. The zero-order valence-electron chi connectivity index (χ0n) is 10.7. The van der Waals surface area contributed by atoms with Crippen LogP contribution in [-0.2, 0) is 0 Å². The molecule has 1 N–H and O–H groups in total. The van der Waals surface area contributed by atoms with E-state index in [9.17, 15) is 5.11 Å². The van der Waals surface area contributed by atoms with Gasteiger partial charge in [0.25, 0.3) is 0 Å². The number of hydrogen-bond acceptors (Lipinski definition) is 2. The molecule has 1 aliphatic heterocycles. The van der Waals surface area contributed by atoms with Gasteiger partial charge in [-0.3, -0.25) is 4.99 Å². The van der Waals surface area contributed by atoms with Gasteiger partial charge in [0, 0.05) is 11.3 Å². The first kappa shape index (κ1) is 11.8. The minimum Gasteiger partial charge on any atom is -0.384 e. The summed E-state index contributed by atoms with van der Waals surface area (Å²) in [4.78, 5) is 4.74. The molecule has 0 aromatic rings. The van der Waals surface area contributed by atoms with Gasteiger partial charge in [0.2, 0.25) is 0 Å². The molecule has 2 unspecified atom stereocenters. The zero-order chi connectivity index (χ0) is 12.0. The molecule has 1 aliphatic carbocycles. The molecule has 1 heterocycles. The summed E-state index contributed by atoms with van der Waals surface area (Å²) in [5, 5.41) is 10.3. The number of rotatable bonds is 2. The standard InChI is InChI=1S/C14H23NO/c1-5-11-10(2)15-12(13(3,4)16)14(11)8-6-7-9-14/h5,10-11,16H,1,6-9H2,2-4H3. The van der Waals surface area contributed by atoms with Crippen LogP contribution >= 0.6 is 0 Å². The largest absolute Gasteiger partial charge is 0.384 e. The third-order valence-corrected chi connectivity index (χ3v) is 4.29. The van der Waals surface area contributed by atoms with Crippen LogP contribution in [-0.4, -0.2) is 22.5 Å². The van der Waals surface area contributed by atoms with E-state index < -0.39 is 5.60 Å². The second kappa shape index (κ2) is 3.69. The topological polar surface area (TPSA) is 32.6 Å². The summed E-state index contributed by atoms with van der Waals surface area (Å²) in [6.07, 6.45) is 6.89. The summed E-state index contributed by atoms with van der Waals surface area (Å²) in [6, 6.07) is 0.275. The second-order valence-corrected chi connectivity index (χ2v) is 5.90. The Balaban J connectivity index is 2.43. The third kappa shape index (κ3) is 1.55. The molecule has 2 atom stereocenters. The van der Waals surface area contributed by atoms with Crippen molar-refractivity contribution < 1.29 is 5.11 Å². The average molecular weight is 221 g/mol. The Morgan fingerprint density at radius 2 is 2.00 bits per heavy atom. The van der Waals surface area contributed by atoms with Gasteiger partial charge in [0.1, 0.15) is 0 Å². The van der Waals surface area contributed by atoms with Crippen molar-refractivity contribution >= 4 is 5.71 Å². The number of hydrogen-bond donors (Lipinski definition) is 1. The van der Waals surface area contributed by atoms with E-state index in [0.717, 1.165) is 18.6 Å². The monoisotopic (exact) mass is 221 g/mol. The van der Waals surface area contributed by atoms with Crippen LogP contribution in [0.4, 0.5) is 0 Å². The lowest BCUT2D eigenvalue weighted by molar-refractivity contribution is 0.137. The number of aliphatic hydroxyl groups is 1. The van der Waals surface area contributed by atoms with Crippen LogP contribution in [0, 0.1) is 11.3 Å². The van der Waals surface area contributed by atoms with Crippen molar-refractivity contribution in [3.63, 3.8) is 0 Å². The van der Waals surface area contributed by atoms with Gasteiger partial charge in [0.05, 0.1) is 17.4 Å². The van der Waals surface area contributed by atoms with Crippen molar-refractivity contribution in [3.05, 3.63) is 12.7 Å². The molecule has 0 saturated heterocycles. The Morgan fingerprint density at radius 3 is 2.44 bits per heavy atom. The second-order valence-electron chi connectivity index (χ2n) is 5.90. The van der Waals surface area contributed by atoms with E-state index in [-0.39, 0.29) is 11.5 Å². The summed E-state index contributed by atoms with van der Waals surface area (Å²) >= 11 is 0. The summed E-state index contributed by atoms with van der Waals surface area (Å²) in [5.41, 5.74) is 0.352. The molecule has 0 bridgehead atoms. The molecule has 0 aromatic carbocycles. The Bertz CT molecular complexity index is 318. The van der Waals surface area contributed by atoms with E-state index in [1.807, 2.05) is 13.8 Å². The first-order valence-electron chi connectivity index (χ1n) is 6.35. The molecular formula is C14H23NO. The van der Waals surface area contributed by atoms with Crippen molar-refractivity contribution in [1.29, 1.82) is 0 Å². The highest BCUT2D eigenvalue weighted by molar-refractivity contribution is 5.99. The van der Waals surface area contributed by atoms with Gasteiger partial charge in [-0.05, 0) is 33.6 Å². The van der Waals surface area contributed by atoms with Gasteiger partial charge in [-0.2, -0.15) is 0 Å². The predicted molar refractivity (Wildman–Crippen MR) is 67.8 cm³/mol. The van der Waals surface area contributed by atoms with Crippen LogP contribution in [0.5, 0.6) is 0 Å². The van der Waals surface area contributed by atoms with Crippen LogP contribution in [0.1, 0.15) is 46.5 Å². The predicted octanol–water partition coefficient (Wildman–Crippen LogP) is 2.96. The maximum atomic E-state index is 10.3. The normalized spacial score (nSPS) is 33.1. The molecule has 2 heteroatoms. The van der Waals surface area contributed by atoms with Crippen molar-refractivity contribution in [2.75, 3.05) is 0 Å². The average Bonchev–Trinajstić information content (AvgIpc) is 2.73. The molecular weight excluding hydrogens is 198 g/mol. The zero-order valence-corrected chi connectivity index (χ0v) is 10.7. The van der Waals surface area contributed by atoms with E-state index in [0.29, 0.717) is 5.92 Å². The van der Waals surface area contributed by atoms with Gasteiger partial charge in [-0.15, -0.1) is 6.58 Å². The minimum atomic E-state index is -0.781. The van der Waals surface area contributed by atoms with E-state index in [4.69, 9.17) is 4.99 Å². The minimum absolute atomic E-state index is 0.111.